The Morgan fingerprint density at radius 2 is 1.69 bits per heavy atom. The Labute approximate surface area is 305 Å². The number of thiazole rings is 1. The van der Waals surface area contributed by atoms with Gasteiger partial charge >= 0.3 is 5.97 Å². The van der Waals surface area contributed by atoms with E-state index >= 15 is 0 Å². The van der Waals surface area contributed by atoms with Gasteiger partial charge in [-0.25, -0.2) is 9.78 Å². The van der Waals surface area contributed by atoms with Crippen molar-refractivity contribution in [2.45, 2.75) is 97.4 Å². The van der Waals surface area contributed by atoms with Crippen LogP contribution in [-0.4, -0.2) is 83.7 Å². The zero-order valence-electron chi connectivity index (χ0n) is 30.6. The molecule has 0 spiro atoms. The van der Waals surface area contributed by atoms with Crippen LogP contribution in [0.3, 0.4) is 0 Å². The number of methoxy groups -OCH3 is 1. The number of benzene rings is 2. The highest BCUT2D eigenvalue weighted by molar-refractivity contribution is 7.13. The zero-order valence-corrected chi connectivity index (χ0v) is 31.4. The molecule has 1 fully saturated rings. The van der Waals surface area contributed by atoms with Gasteiger partial charge in [0.2, 0.25) is 17.7 Å². The van der Waals surface area contributed by atoms with Gasteiger partial charge in [-0.1, -0.05) is 70.0 Å². The first-order valence-electron chi connectivity index (χ1n) is 17.6. The van der Waals surface area contributed by atoms with Gasteiger partial charge in [0.05, 0.1) is 40.9 Å². The standard InChI is InChI=1S/C39H52N4O7S/c1-25(28-16-18-29(19-17-28)34-26(2)40-24-51-34)41-36(46)32-21-31(44)22-43(32)37(47)35(39(3,4)5)42-33(45)23-50-20-10-8-7-9-11-27-12-14-30(15-13-27)38(48)49-6/h12-19,24-25,31-32,35,44H,7-11,20-23H2,1-6H3,(H,41,46)(H,42,45)/t25-,31+,32-,35+/m0/s1. The molecule has 1 aromatic heterocycles. The number of nitrogens with zero attached hydrogens (tertiary/aromatic N) is 2. The SMILES string of the molecule is COC(=O)c1ccc(CCCCCCOCC(=O)N[C@H](C(=O)N2C[C@H](O)C[C@H]2C(=O)N[C@@H](C)c2ccc(-c3scnc3C)cc2)C(C)(C)C)cc1. The number of carbonyl (C=O) groups is 4. The summed E-state index contributed by atoms with van der Waals surface area (Å²) in [5, 5.41) is 16.4. The molecule has 3 N–H and O–H groups in total. The van der Waals surface area contributed by atoms with E-state index in [4.69, 9.17) is 9.47 Å². The normalized spacial score (nSPS) is 17.1. The quantitative estimate of drug-likeness (QED) is 0.132. The molecule has 2 aromatic carbocycles. The molecule has 4 rings (SSSR count). The molecule has 3 aromatic rings. The summed E-state index contributed by atoms with van der Waals surface area (Å²) in [4.78, 5) is 58.8. The maximum atomic E-state index is 13.9. The van der Waals surface area contributed by atoms with E-state index in [0.717, 1.165) is 59.4 Å². The van der Waals surface area contributed by atoms with E-state index < -0.39 is 35.4 Å². The lowest BCUT2D eigenvalue weighted by Crippen LogP contribution is -2.58. The molecule has 1 aliphatic rings. The molecule has 0 saturated carbocycles. The number of likely N-dealkylation sites (tertiary alicyclic amines) is 1. The number of hydrogen-bond donors (Lipinski definition) is 3. The number of aryl methyl sites for hydroxylation is 2. The van der Waals surface area contributed by atoms with E-state index in [2.05, 4.69) is 15.6 Å². The van der Waals surface area contributed by atoms with E-state index in [0.29, 0.717) is 12.2 Å². The lowest BCUT2D eigenvalue weighted by molar-refractivity contribution is -0.144. The Kier molecular flexibility index (Phi) is 14.3. The summed E-state index contributed by atoms with van der Waals surface area (Å²) in [5.74, 6) is -1.52. The van der Waals surface area contributed by atoms with E-state index in [1.54, 1.807) is 23.5 Å². The van der Waals surface area contributed by atoms with E-state index in [1.165, 1.54) is 12.0 Å². The molecule has 1 saturated heterocycles. The third-order valence-corrected chi connectivity index (χ3v) is 10.2. The highest BCUT2D eigenvalue weighted by Crippen LogP contribution is 2.29. The second-order valence-electron chi connectivity index (χ2n) is 14.3. The molecular formula is C39H52N4O7S. The van der Waals surface area contributed by atoms with Crippen LogP contribution in [0.2, 0.25) is 0 Å². The fraction of sp³-hybridized carbons (Fsp3) is 0.513. The number of aliphatic hydroxyl groups is 1. The minimum atomic E-state index is -0.920. The second-order valence-corrected chi connectivity index (χ2v) is 15.1. The zero-order chi connectivity index (χ0) is 37.1. The van der Waals surface area contributed by atoms with Gasteiger partial charge in [-0.15, -0.1) is 11.3 Å². The fourth-order valence-electron chi connectivity index (χ4n) is 6.20. The first-order valence-corrected chi connectivity index (χ1v) is 18.5. The van der Waals surface area contributed by atoms with Crippen molar-refractivity contribution in [3.05, 3.63) is 76.4 Å². The lowest BCUT2D eigenvalue weighted by Gasteiger charge is -2.35. The van der Waals surface area contributed by atoms with Crippen LogP contribution in [0.25, 0.3) is 10.4 Å². The molecule has 0 bridgehead atoms. The van der Waals surface area contributed by atoms with Crippen LogP contribution in [-0.2, 0) is 30.3 Å². The molecule has 4 atom stereocenters. The first-order chi connectivity index (χ1) is 24.3. The maximum Gasteiger partial charge on any atom is 0.337 e. The van der Waals surface area contributed by atoms with Gasteiger partial charge in [-0.3, -0.25) is 14.4 Å². The van der Waals surface area contributed by atoms with Crippen molar-refractivity contribution in [2.24, 2.45) is 5.41 Å². The van der Waals surface area contributed by atoms with Gasteiger partial charge in [0.25, 0.3) is 0 Å². The molecule has 276 valence electrons. The second kappa shape index (κ2) is 18.4. The predicted molar refractivity (Wildman–Crippen MR) is 197 cm³/mol. The van der Waals surface area contributed by atoms with Gasteiger partial charge in [-0.2, -0.15) is 0 Å². The fourth-order valence-corrected chi connectivity index (χ4v) is 7.01. The number of β-amino-alcohol motifs (C(OH)–C–C–N with tert-alkyl or cyclic N) is 1. The van der Waals surface area contributed by atoms with Crippen LogP contribution in [0.15, 0.2) is 54.0 Å². The average molecular weight is 721 g/mol. The topological polar surface area (TPSA) is 147 Å². The molecule has 0 unspecified atom stereocenters. The summed E-state index contributed by atoms with van der Waals surface area (Å²) in [5.41, 5.74) is 5.79. The molecule has 51 heavy (non-hydrogen) atoms. The van der Waals surface area contributed by atoms with Crippen LogP contribution >= 0.6 is 11.3 Å². The summed E-state index contributed by atoms with van der Waals surface area (Å²) in [6, 6.07) is 13.3. The van der Waals surface area contributed by atoms with Crippen molar-refractivity contribution in [1.82, 2.24) is 20.5 Å². The number of rotatable bonds is 16. The van der Waals surface area contributed by atoms with Gasteiger partial charge in [0, 0.05) is 19.6 Å². The largest absolute Gasteiger partial charge is 0.465 e. The van der Waals surface area contributed by atoms with Crippen LogP contribution in [0.5, 0.6) is 0 Å². The molecule has 1 aliphatic heterocycles. The highest BCUT2D eigenvalue weighted by Gasteiger charge is 2.44. The van der Waals surface area contributed by atoms with Crippen molar-refractivity contribution in [3.8, 4) is 10.4 Å². The number of unbranched alkanes of at least 4 members (excludes halogenated alkanes) is 3. The molecular weight excluding hydrogens is 669 g/mol. The smallest absolute Gasteiger partial charge is 0.337 e. The summed E-state index contributed by atoms with van der Waals surface area (Å²) in [6.07, 6.45) is 3.92. The number of hydrogen-bond acceptors (Lipinski definition) is 9. The van der Waals surface area contributed by atoms with Gasteiger partial charge in [-0.05, 0) is 67.3 Å². The van der Waals surface area contributed by atoms with Gasteiger partial charge in [0.15, 0.2) is 0 Å². The minimum absolute atomic E-state index is 0.00590. The maximum absolute atomic E-state index is 13.9. The van der Waals surface area contributed by atoms with Crippen molar-refractivity contribution >= 4 is 35.0 Å². The van der Waals surface area contributed by atoms with E-state index in [1.807, 2.05) is 76.5 Å². The molecule has 2 heterocycles. The Morgan fingerprint density at radius 1 is 1.00 bits per heavy atom. The van der Waals surface area contributed by atoms with Crippen LogP contribution in [0.1, 0.15) is 93.0 Å². The molecule has 3 amide bonds. The number of aromatic nitrogens is 1. The Morgan fingerprint density at radius 3 is 2.31 bits per heavy atom. The number of ether oxygens (including phenoxy) is 2. The summed E-state index contributed by atoms with van der Waals surface area (Å²) in [6.45, 7) is 9.65. The molecule has 11 nitrogen and oxygen atoms in total. The molecule has 0 radical (unpaired) electrons. The predicted octanol–water partition coefficient (Wildman–Crippen LogP) is 5.39. The Bertz CT molecular complexity index is 1620. The number of amides is 3. The van der Waals surface area contributed by atoms with Crippen LogP contribution in [0, 0.1) is 12.3 Å². The lowest BCUT2D eigenvalue weighted by atomic mass is 9.85. The minimum Gasteiger partial charge on any atom is -0.465 e. The average Bonchev–Trinajstić information content (AvgIpc) is 3.72. The van der Waals surface area contributed by atoms with Crippen LogP contribution in [0.4, 0.5) is 0 Å². The van der Waals surface area contributed by atoms with Gasteiger partial charge < -0.3 is 30.1 Å². The summed E-state index contributed by atoms with van der Waals surface area (Å²) < 4.78 is 10.4. The first kappa shape index (κ1) is 39.7. The Hall–Kier alpha value is -4.13. The van der Waals surface area contributed by atoms with Crippen molar-refractivity contribution in [1.29, 1.82) is 0 Å². The number of esters is 1. The van der Waals surface area contributed by atoms with Gasteiger partial charge in [0.1, 0.15) is 18.7 Å². The van der Waals surface area contributed by atoms with E-state index in [9.17, 15) is 24.3 Å². The number of nitrogens with one attached hydrogen (secondary N) is 2. The van der Waals surface area contributed by atoms with Crippen molar-refractivity contribution in [2.75, 3.05) is 26.9 Å². The van der Waals surface area contributed by atoms with Crippen molar-refractivity contribution in [3.63, 3.8) is 0 Å². The molecule has 12 heteroatoms. The number of carbonyl (C=O) groups excluding carboxylic acids is 4. The Balaban J connectivity index is 1.22. The third-order valence-electron chi connectivity index (χ3n) is 9.17. The van der Waals surface area contributed by atoms with E-state index in [-0.39, 0.29) is 37.5 Å². The summed E-state index contributed by atoms with van der Waals surface area (Å²) >= 11 is 1.58. The van der Waals surface area contributed by atoms with Crippen molar-refractivity contribution < 1.29 is 33.8 Å². The third kappa shape index (κ3) is 11.2. The monoisotopic (exact) mass is 720 g/mol. The number of aliphatic hydroxyl groups excluding tert-OH is 1. The summed E-state index contributed by atoms with van der Waals surface area (Å²) in [7, 11) is 1.37. The molecule has 0 aliphatic carbocycles. The van der Waals surface area contributed by atoms with Crippen LogP contribution < -0.4 is 10.6 Å². The highest BCUT2D eigenvalue weighted by atomic mass is 32.1.